The lowest BCUT2D eigenvalue weighted by Crippen LogP contribution is -2.08. The molecule has 1 aromatic rings. The van der Waals surface area contributed by atoms with Crippen LogP contribution in [0.4, 0.5) is 6.01 Å². The Morgan fingerprint density at radius 1 is 1.58 bits per heavy atom. The average molecular weight is 172 g/mol. The monoisotopic (exact) mass is 172 g/mol. The summed E-state index contributed by atoms with van der Waals surface area (Å²) in [6, 6.07) is 0.0601. The van der Waals surface area contributed by atoms with E-state index in [1.807, 2.05) is 0 Å². The molecule has 12 heavy (non-hydrogen) atoms. The zero-order chi connectivity index (χ0) is 9.30. The average Bonchev–Trinajstić information content (AvgIpc) is 2.30. The van der Waals surface area contributed by atoms with Crippen molar-refractivity contribution in [3.63, 3.8) is 0 Å². The molecular formula is C6H8N2O4. The summed E-state index contributed by atoms with van der Waals surface area (Å²) in [6.07, 6.45) is 0. The first-order chi connectivity index (χ1) is 5.52. The molecule has 6 heteroatoms. The van der Waals surface area contributed by atoms with Crippen molar-refractivity contribution in [2.24, 2.45) is 0 Å². The second kappa shape index (κ2) is 2.72. The number of nitrogens with zero attached hydrogens (tertiary/aromatic N) is 2. The molecule has 0 aromatic carbocycles. The Balaban J connectivity index is 3.09. The van der Waals surface area contributed by atoms with Crippen LogP contribution in [0.15, 0.2) is 4.42 Å². The van der Waals surface area contributed by atoms with Crippen molar-refractivity contribution >= 4 is 12.0 Å². The van der Waals surface area contributed by atoms with Crippen molar-refractivity contribution in [3.05, 3.63) is 5.76 Å². The maximum Gasteiger partial charge on any atom is 0.377 e. The van der Waals surface area contributed by atoms with Gasteiger partial charge in [-0.25, -0.2) is 4.79 Å². The molecule has 66 valence electrons. The minimum Gasteiger partial charge on any atom is -0.490 e. The minimum absolute atomic E-state index is 0.0601. The molecule has 1 heterocycles. The van der Waals surface area contributed by atoms with E-state index in [0.29, 0.717) is 0 Å². The Hall–Kier alpha value is -1.72. The first-order valence-corrected chi connectivity index (χ1v) is 3.12. The summed E-state index contributed by atoms with van der Waals surface area (Å²) in [6.45, 7) is 0. The predicted molar refractivity (Wildman–Crippen MR) is 39.5 cm³/mol. The van der Waals surface area contributed by atoms with E-state index in [9.17, 15) is 4.79 Å². The molecule has 0 fully saturated rings. The van der Waals surface area contributed by atoms with Gasteiger partial charge in [0.15, 0.2) is 0 Å². The van der Waals surface area contributed by atoms with Crippen LogP contribution in [0.25, 0.3) is 0 Å². The fraction of sp³-hybridized carbons (Fsp3) is 0.333. The largest absolute Gasteiger partial charge is 0.490 e. The summed E-state index contributed by atoms with van der Waals surface area (Å²) in [7, 11) is 3.24. The highest BCUT2D eigenvalue weighted by Crippen LogP contribution is 2.21. The molecule has 0 atom stereocenters. The molecule has 0 unspecified atom stereocenters. The number of anilines is 1. The van der Waals surface area contributed by atoms with Gasteiger partial charge in [0.25, 0.3) is 11.6 Å². The number of carboxylic acids is 1. The van der Waals surface area contributed by atoms with E-state index in [-0.39, 0.29) is 6.01 Å². The molecule has 0 aliphatic heterocycles. The molecule has 0 bridgehead atoms. The smallest absolute Gasteiger partial charge is 0.377 e. The standard InChI is InChI=1S/C6H8N2O4/c1-8(2)6-7-4(9)3(12-6)5(10)11/h9H,1-2H3,(H,10,11). The summed E-state index contributed by atoms with van der Waals surface area (Å²) in [5, 5.41) is 17.4. The van der Waals surface area contributed by atoms with Crippen LogP contribution < -0.4 is 4.90 Å². The highest BCUT2D eigenvalue weighted by molar-refractivity contribution is 5.87. The molecule has 0 aliphatic carbocycles. The highest BCUT2D eigenvalue weighted by atomic mass is 16.4. The van der Waals surface area contributed by atoms with Crippen molar-refractivity contribution in [1.82, 2.24) is 4.98 Å². The van der Waals surface area contributed by atoms with Crippen molar-refractivity contribution in [1.29, 1.82) is 0 Å². The maximum atomic E-state index is 10.3. The number of carboxylic acid groups (broad SMARTS) is 1. The van der Waals surface area contributed by atoms with E-state index in [0.717, 1.165) is 0 Å². The molecule has 1 rings (SSSR count). The van der Waals surface area contributed by atoms with Crippen LogP contribution in [0.1, 0.15) is 10.6 Å². The molecule has 0 radical (unpaired) electrons. The van der Waals surface area contributed by atoms with Crippen molar-refractivity contribution in [2.75, 3.05) is 19.0 Å². The Bertz CT molecular complexity index is 304. The second-order valence-corrected chi connectivity index (χ2v) is 2.35. The van der Waals surface area contributed by atoms with Crippen LogP contribution in [-0.4, -0.2) is 35.3 Å². The Kier molecular flexibility index (Phi) is 1.90. The van der Waals surface area contributed by atoms with Gasteiger partial charge in [0.1, 0.15) is 0 Å². The van der Waals surface area contributed by atoms with Gasteiger partial charge in [-0.2, -0.15) is 4.98 Å². The third kappa shape index (κ3) is 1.31. The van der Waals surface area contributed by atoms with E-state index in [4.69, 9.17) is 14.6 Å². The molecule has 6 nitrogen and oxygen atoms in total. The van der Waals surface area contributed by atoms with Crippen LogP contribution in [0, 0.1) is 0 Å². The number of carbonyl (C=O) groups is 1. The Morgan fingerprint density at radius 3 is 2.42 bits per heavy atom. The summed E-state index contributed by atoms with van der Waals surface area (Å²) in [4.78, 5) is 15.3. The SMILES string of the molecule is CN(C)c1nc(O)c(C(=O)O)o1. The van der Waals surface area contributed by atoms with E-state index >= 15 is 0 Å². The molecule has 1 aromatic heterocycles. The summed E-state index contributed by atoms with van der Waals surface area (Å²) >= 11 is 0. The van der Waals surface area contributed by atoms with Crippen LogP contribution >= 0.6 is 0 Å². The minimum atomic E-state index is -1.34. The van der Waals surface area contributed by atoms with Crippen molar-refractivity contribution in [2.45, 2.75) is 0 Å². The van der Waals surface area contributed by atoms with Crippen LogP contribution in [0.2, 0.25) is 0 Å². The molecule has 2 N–H and O–H groups in total. The fourth-order valence-corrected chi connectivity index (χ4v) is 0.632. The quantitative estimate of drug-likeness (QED) is 0.660. The van der Waals surface area contributed by atoms with Crippen LogP contribution in [-0.2, 0) is 0 Å². The third-order valence-electron chi connectivity index (χ3n) is 1.17. The number of hydrogen-bond acceptors (Lipinski definition) is 5. The first-order valence-electron chi connectivity index (χ1n) is 3.12. The normalized spacial score (nSPS) is 9.83. The number of rotatable bonds is 2. The molecule has 0 saturated carbocycles. The number of oxazole rings is 1. The van der Waals surface area contributed by atoms with Crippen molar-refractivity contribution < 1.29 is 19.4 Å². The highest BCUT2D eigenvalue weighted by Gasteiger charge is 2.19. The lowest BCUT2D eigenvalue weighted by atomic mass is 10.5. The van der Waals surface area contributed by atoms with E-state index in [1.165, 1.54) is 4.90 Å². The van der Waals surface area contributed by atoms with Gasteiger partial charge in [-0.3, -0.25) is 0 Å². The zero-order valence-corrected chi connectivity index (χ0v) is 6.61. The van der Waals surface area contributed by atoms with Gasteiger partial charge in [-0.15, -0.1) is 0 Å². The topological polar surface area (TPSA) is 86.8 Å². The van der Waals surface area contributed by atoms with E-state index in [2.05, 4.69) is 4.98 Å². The summed E-state index contributed by atoms with van der Waals surface area (Å²) in [5.41, 5.74) is 0. The predicted octanol–water partition coefficient (Wildman–Crippen LogP) is 0.144. The first kappa shape index (κ1) is 8.38. The van der Waals surface area contributed by atoms with Gasteiger partial charge in [0.2, 0.25) is 0 Å². The maximum absolute atomic E-state index is 10.3. The van der Waals surface area contributed by atoms with Gasteiger partial charge in [-0.05, 0) is 0 Å². The molecule has 0 spiro atoms. The van der Waals surface area contributed by atoms with E-state index < -0.39 is 17.6 Å². The third-order valence-corrected chi connectivity index (χ3v) is 1.17. The van der Waals surface area contributed by atoms with Gasteiger partial charge in [0.05, 0.1) is 0 Å². The zero-order valence-electron chi connectivity index (χ0n) is 6.61. The number of aromatic carboxylic acids is 1. The van der Waals surface area contributed by atoms with Gasteiger partial charge >= 0.3 is 12.0 Å². The Morgan fingerprint density at radius 2 is 2.17 bits per heavy atom. The summed E-state index contributed by atoms with van der Waals surface area (Å²) < 4.78 is 4.70. The number of hydrogen-bond donors (Lipinski definition) is 2. The fourth-order valence-electron chi connectivity index (χ4n) is 0.632. The molecule has 0 saturated heterocycles. The van der Waals surface area contributed by atoms with Gasteiger partial charge in [0, 0.05) is 14.1 Å². The van der Waals surface area contributed by atoms with Crippen LogP contribution in [0.5, 0.6) is 5.88 Å². The lowest BCUT2D eigenvalue weighted by molar-refractivity contribution is 0.0659. The number of aromatic nitrogens is 1. The van der Waals surface area contributed by atoms with Gasteiger partial charge in [-0.1, -0.05) is 0 Å². The van der Waals surface area contributed by atoms with Crippen LogP contribution in [0.3, 0.4) is 0 Å². The van der Waals surface area contributed by atoms with E-state index in [1.54, 1.807) is 14.1 Å². The summed E-state index contributed by atoms with van der Waals surface area (Å²) in [5.74, 6) is -2.49. The second-order valence-electron chi connectivity index (χ2n) is 2.35. The molecule has 0 amide bonds. The van der Waals surface area contributed by atoms with Gasteiger partial charge < -0.3 is 19.5 Å². The number of aromatic hydroxyl groups is 1. The van der Waals surface area contributed by atoms with Crippen molar-refractivity contribution in [3.8, 4) is 5.88 Å². The Labute approximate surface area is 68.1 Å². The lowest BCUT2D eigenvalue weighted by Gasteiger charge is -2.02. The molecular weight excluding hydrogens is 164 g/mol. The molecule has 0 aliphatic rings.